The first-order valence-electron chi connectivity index (χ1n) is 14.5. The van der Waals surface area contributed by atoms with Gasteiger partial charge in [-0.1, -0.05) is 24.3 Å². The van der Waals surface area contributed by atoms with Crippen LogP contribution in [0.3, 0.4) is 0 Å². The molecule has 5 heterocycles. The molecule has 1 aromatic heterocycles. The van der Waals surface area contributed by atoms with Gasteiger partial charge in [0.05, 0.1) is 6.17 Å². The summed E-state index contributed by atoms with van der Waals surface area (Å²) in [6.45, 7) is 5.50. The summed E-state index contributed by atoms with van der Waals surface area (Å²) in [6.07, 6.45) is 2.26. The zero-order valence-electron chi connectivity index (χ0n) is 23.5. The summed E-state index contributed by atoms with van der Waals surface area (Å²) < 4.78 is 25.0. The second-order valence-electron chi connectivity index (χ2n) is 12.8. The third kappa shape index (κ3) is 4.00. The molecule has 1 aliphatic carbocycles. The van der Waals surface area contributed by atoms with E-state index < -0.39 is 23.5 Å². The minimum Gasteiger partial charge on any atom is -0.507 e. The summed E-state index contributed by atoms with van der Waals surface area (Å²) in [6, 6.07) is 10.8. The molecule has 8 rings (SSSR count). The maximum atomic E-state index is 14.1. The number of aryl methyl sites for hydroxylation is 1. The predicted octanol–water partition coefficient (Wildman–Crippen LogP) is 4.09. The number of carbonyl (C=O) groups excluding carboxylic acids is 1. The monoisotopic (exact) mass is 560 g/mol. The number of nitrogens with two attached hydrogens (primary N) is 2. The lowest BCUT2D eigenvalue weighted by Crippen LogP contribution is -2.53. The maximum Gasteiger partial charge on any atom is 0.341 e. The molecule has 3 aromatic rings. The van der Waals surface area contributed by atoms with E-state index in [1.165, 1.54) is 6.07 Å². The molecule has 216 valence electrons. The molecule has 3 saturated heterocycles. The van der Waals surface area contributed by atoms with E-state index in [-0.39, 0.29) is 52.0 Å². The second kappa shape index (κ2) is 9.05. The van der Waals surface area contributed by atoms with Crippen molar-refractivity contribution in [3.63, 3.8) is 0 Å². The van der Waals surface area contributed by atoms with E-state index in [4.69, 9.17) is 30.1 Å². The van der Waals surface area contributed by atoms with Crippen molar-refractivity contribution in [2.45, 2.75) is 88.4 Å². The number of aromatic hydroxyl groups is 1. The number of ether oxygens (including phenoxy) is 3. The third-order valence-electron chi connectivity index (χ3n) is 9.79. The van der Waals surface area contributed by atoms with E-state index in [2.05, 4.69) is 0 Å². The Morgan fingerprint density at radius 2 is 1.83 bits per heavy atom. The summed E-state index contributed by atoms with van der Waals surface area (Å²) in [5, 5.41) is 11.7. The Hall–Kier alpha value is -3.40. The number of benzene rings is 2. The van der Waals surface area contributed by atoms with Crippen LogP contribution in [-0.4, -0.2) is 34.5 Å². The number of phenolic OH excluding ortho intramolecular Hbond substituents is 1. The molecular weight excluding hydrogens is 524 g/mol. The topological polar surface area (TPSA) is 151 Å². The molecular formula is C32H36N2O7. The van der Waals surface area contributed by atoms with Crippen LogP contribution in [0.5, 0.6) is 11.5 Å². The molecule has 5 N–H and O–H groups in total. The first-order valence-corrected chi connectivity index (χ1v) is 14.5. The molecule has 4 atom stereocenters. The van der Waals surface area contributed by atoms with Crippen molar-refractivity contribution in [1.29, 1.82) is 0 Å². The van der Waals surface area contributed by atoms with Crippen molar-refractivity contribution in [3.05, 3.63) is 69.1 Å². The number of phenols is 1. The first-order chi connectivity index (χ1) is 19.5. The smallest absolute Gasteiger partial charge is 0.341 e. The van der Waals surface area contributed by atoms with Crippen molar-refractivity contribution in [2.75, 3.05) is 0 Å². The van der Waals surface area contributed by atoms with Crippen LogP contribution in [0.2, 0.25) is 0 Å². The fourth-order valence-corrected chi connectivity index (χ4v) is 7.80. The molecule has 9 heteroatoms. The largest absolute Gasteiger partial charge is 0.507 e. The van der Waals surface area contributed by atoms with Crippen molar-refractivity contribution in [2.24, 2.45) is 23.3 Å². The number of hydrogen-bond acceptors (Lipinski definition) is 9. The van der Waals surface area contributed by atoms with Gasteiger partial charge in [0.2, 0.25) is 0 Å². The summed E-state index contributed by atoms with van der Waals surface area (Å²) >= 11 is 0. The number of epoxide rings is 1. The lowest BCUT2D eigenvalue weighted by atomic mass is 9.66. The Morgan fingerprint density at radius 1 is 1.07 bits per heavy atom. The fourth-order valence-electron chi connectivity index (χ4n) is 7.80. The summed E-state index contributed by atoms with van der Waals surface area (Å²) in [5.74, 6) is 0.183. The average molecular weight is 561 g/mol. The molecule has 0 amide bonds. The van der Waals surface area contributed by atoms with E-state index in [1.807, 2.05) is 38.1 Å². The Bertz CT molecular complexity index is 1620. The van der Waals surface area contributed by atoms with Crippen molar-refractivity contribution < 1.29 is 28.5 Å². The molecule has 4 aliphatic heterocycles. The molecule has 0 radical (unpaired) electrons. The fraction of sp³-hybridized carbons (Fsp3) is 0.500. The Kier molecular flexibility index (Phi) is 5.85. The van der Waals surface area contributed by atoms with Gasteiger partial charge in [0.25, 0.3) is 0 Å². The lowest BCUT2D eigenvalue weighted by molar-refractivity contribution is -0.172. The van der Waals surface area contributed by atoms with Gasteiger partial charge in [0.1, 0.15) is 46.0 Å². The normalized spacial score (nSPS) is 31.6. The van der Waals surface area contributed by atoms with Crippen LogP contribution in [-0.2, 0) is 20.7 Å². The van der Waals surface area contributed by atoms with Gasteiger partial charge in [-0.25, -0.2) is 4.79 Å². The van der Waals surface area contributed by atoms with Gasteiger partial charge in [0, 0.05) is 36.0 Å². The van der Waals surface area contributed by atoms with E-state index in [0.29, 0.717) is 23.5 Å². The molecule has 4 fully saturated rings. The highest BCUT2D eigenvalue weighted by atomic mass is 16.7. The Morgan fingerprint density at radius 3 is 2.56 bits per heavy atom. The zero-order chi connectivity index (χ0) is 28.8. The highest BCUT2D eigenvalue weighted by Gasteiger charge is 2.70. The van der Waals surface area contributed by atoms with Gasteiger partial charge in [-0.15, -0.1) is 0 Å². The quantitative estimate of drug-likeness (QED) is 0.244. The number of carbonyl (C=O) groups is 1. The zero-order valence-corrected chi connectivity index (χ0v) is 23.5. The van der Waals surface area contributed by atoms with Crippen LogP contribution in [0.1, 0.15) is 74.1 Å². The van der Waals surface area contributed by atoms with Crippen molar-refractivity contribution >= 4 is 16.9 Å². The first kappa shape index (κ1) is 26.5. The average Bonchev–Trinajstić information content (AvgIpc) is 3.61. The summed E-state index contributed by atoms with van der Waals surface area (Å²) in [5.41, 5.74) is 12.2. The van der Waals surface area contributed by atoms with Crippen LogP contribution < -0.4 is 21.6 Å². The summed E-state index contributed by atoms with van der Waals surface area (Å²) in [7, 11) is 0. The number of esters is 1. The van der Waals surface area contributed by atoms with Gasteiger partial charge < -0.3 is 35.2 Å². The Labute approximate surface area is 237 Å². The van der Waals surface area contributed by atoms with Gasteiger partial charge in [0.15, 0.2) is 11.0 Å². The highest BCUT2D eigenvalue weighted by molar-refractivity contribution is 5.88. The van der Waals surface area contributed by atoms with Crippen LogP contribution in [0, 0.1) is 18.8 Å². The van der Waals surface area contributed by atoms with Gasteiger partial charge in [-0.3, -0.25) is 4.79 Å². The van der Waals surface area contributed by atoms with E-state index in [9.17, 15) is 14.7 Å². The SMILES string of the molecule is Cc1cc(=O)c2c(O)c3c(cc2o1)OC(C)(C)[C@@H]1OC(=O)[C@]2(O[C@@H]2Cc2cccc(C(N)N)c2)C2CCC(CC2)[C@@H]31. The molecule has 5 aliphatic rings. The van der Waals surface area contributed by atoms with E-state index in [0.717, 1.165) is 36.8 Å². The molecule has 0 unspecified atom stereocenters. The van der Waals surface area contributed by atoms with E-state index >= 15 is 0 Å². The molecule has 1 spiro atoms. The summed E-state index contributed by atoms with van der Waals surface area (Å²) in [4.78, 5) is 27.1. The third-order valence-corrected chi connectivity index (χ3v) is 9.79. The maximum absolute atomic E-state index is 14.1. The predicted molar refractivity (Wildman–Crippen MR) is 151 cm³/mol. The highest BCUT2D eigenvalue weighted by Crippen LogP contribution is 2.59. The minimum absolute atomic E-state index is 0.0278. The number of hydrogen-bond donors (Lipinski definition) is 3. The molecule has 2 bridgehead atoms. The van der Waals surface area contributed by atoms with Crippen LogP contribution >= 0.6 is 0 Å². The van der Waals surface area contributed by atoms with Gasteiger partial charge in [-0.05, 0) is 63.5 Å². The van der Waals surface area contributed by atoms with Gasteiger partial charge >= 0.3 is 5.97 Å². The van der Waals surface area contributed by atoms with Crippen LogP contribution in [0.15, 0.2) is 45.6 Å². The van der Waals surface area contributed by atoms with Crippen LogP contribution in [0.4, 0.5) is 0 Å². The minimum atomic E-state index is -1.03. The molecule has 9 nitrogen and oxygen atoms in total. The van der Waals surface area contributed by atoms with Crippen molar-refractivity contribution in [1.82, 2.24) is 0 Å². The standard InChI is InChI=1S/C32H36N2O7/c1-15-11-20(35)25-21(38-15)14-22-26(27(25)36)24-17-7-9-19(10-8-17)32(30(37)39-28(24)31(2,3)40-22)23(41-32)13-16-5-4-6-18(12-16)29(33)34/h4-6,11-12,14,17,19,23-24,28-29,36H,7-10,13,33-34H2,1-3H3/t17?,19?,23-,24+,28-,32+/m1/s1. The van der Waals surface area contributed by atoms with Gasteiger partial charge in [-0.2, -0.15) is 0 Å². The molecule has 1 saturated carbocycles. The van der Waals surface area contributed by atoms with Crippen molar-refractivity contribution in [3.8, 4) is 11.5 Å². The molecule has 2 aromatic carbocycles. The molecule has 41 heavy (non-hydrogen) atoms. The van der Waals surface area contributed by atoms with Crippen LogP contribution in [0.25, 0.3) is 11.0 Å². The number of rotatable bonds is 3. The van der Waals surface area contributed by atoms with E-state index in [1.54, 1.807) is 13.0 Å². The second-order valence-corrected chi connectivity index (χ2v) is 12.8. The lowest BCUT2D eigenvalue weighted by Gasteiger charge is -2.47. The number of fused-ring (bicyclic) bond motifs is 5. The Balaban J connectivity index is 1.28.